The third-order valence-corrected chi connectivity index (χ3v) is 2.27. The van der Waals surface area contributed by atoms with Gasteiger partial charge in [0.1, 0.15) is 11.6 Å². The highest BCUT2D eigenvalue weighted by Gasteiger charge is 2.00. The predicted molar refractivity (Wildman–Crippen MR) is 70.6 cm³/mol. The summed E-state index contributed by atoms with van der Waals surface area (Å²) in [6, 6.07) is 4.44. The van der Waals surface area contributed by atoms with E-state index in [-0.39, 0.29) is 5.82 Å². The summed E-state index contributed by atoms with van der Waals surface area (Å²) in [5, 5.41) is 0. The van der Waals surface area contributed by atoms with Crippen LogP contribution in [0.25, 0.3) is 0 Å². The largest absolute Gasteiger partial charge is 0.493 e. The van der Waals surface area contributed by atoms with Crippen LogP contribution in [0.5, 0.6) is 5.75 Å². The highest BCUT2D eigenvalue weighted by molar-refractivity contribution is 6.18. The van der Waals surface area contributed by atoms with Crippen LogP contribution in [0.4, 0.5) is 4.39 Å². The molecule has 0 unspecified atom stereocenters. The zero-order valence-corrected chi connectivity index (χ0v) is 11.1. The van der Waals surface area contributed by atoms with Crippen LogP contribution in [0.15, 0.2) is 18.2 Å². The number of alkyl halides is 1. The molecule has 1 aromatic carbocycles. The van der Waals surface area contributed by atoms with Gasteiger partial charge in [0.25, 0.3) is 0 Å². The van der Waals surface area contributed by atoms with Crippen molar-refractivity contribution in [2.24, 2.45) is 0 Å². The SMILES string of the molecule is COCCCOc1cc(F)cc(C#CCCCl)c1. The Morgan fingerprint density at radius 2 is 2.11 bits per heavy atom. The minimum atomic E-state index is -0.352. The second-order valence-corrected chi connectivity index (χ2v) is 3.99. The molecule has 0 aliphatic heterocycles. The maximum atomic E-state index is 13.3. The van der Waals surface area contributed by atoms with E-state index in [1.807, 2.05) is 0 Å². The minimum Gasteiger partial charge on any atom is -0.493 e. The quantitative estimate of drug-likeness (QED) is 0.449. The Balaban J connectivity index is 2.60. The van der Waals surface area contributed by atoms with Crippen LogP contribution in [0.3, 0.4) is 0 Å². The summed E-state index contributed by atoms with van der Waals surface area (Å²) in [6.45, 7) is 1.11. The number of rotatable bonds is 6. The Hall–Kier alpha value is -1.24. The van der Waals surface area contributed by atoms with E-state index in [0.717, 1.165) is 6.42 Å². The third kappa shape index (κ3) is 5.90. The smallest absolute Gasteiger partial charge is 0.128 e. The Morgan fingerprint density at radius 3 is 2.83 bits per heavy atom. The first-order valence-corrected chi connectivity index (χ1v) is 6.27. The van der Waals surface area contributed by atoms with Crippen molar-refractivity contribution in [1.82, 2.24) is 0 Å². The highest BCUT2D eigenvalue weighted by Crippen LogP contribution is 2.16. The molecule has 98 valence electrons. The van der Waals surface area contributed by atoms with Crippen molar-refractivity contribution in [3.8, 4) is 17.6 Å². The molecule has 0 bridgehead atoms. The van der Waals surface area contributed by atoms with Crippen molar-refractivity contribution in [2.45, 2.75) is 12.8 Å². The predicted octanol–water partition coefficient (Wildman–Crippen LogP) is 3.22. The molecular weight excluding hydrogens is 255 g/mol. The molecule has 0 spiro atoms. The van der Waals surface area contributed by atoms with Gasteiger partial charge >= 0.3 is 0 Å². The molecule has 0 heterocycles. The minimum absolute atomic E-state index is 0.352. The summed E-state index contributed by atoms with van der Waals surface area (Å²) >= 11 is 5.52. The molecule has 0 fully saturated rings. The van der Waals surface area contributed by atoms with Crippen LogP contribution >= 0.6 is 11.6 Å². The number of hydrogen-bond donors (Lipinski definition) is 0. The molecule has 2 nitrogen and oxygen atoms in total. The Morgan fingerprint density at radius 1 is 1.28 bits per heavy atom. The summed E-state index contributed by atoms with van der Waals surface area (Å²) < 4.78 is 23.6. The number of benzene rings is 1. The van der Waals surface area contributed by atoms with E-state index in [1.54, 1.807) is 13.2 Å². The molecule has 0 atom stereocenters. The molecule has 1 rings (SSSR count). The number of ether oxygens (including phenoxy) is 2. The van der Waals surface area contributed by atoms with E-state index in [4.69, 9.17) is 21.1 Å². The van der Waals surface area contributed by atoms with E-state index >= 15 is 0 Å². The summed E-state index contributed by atoms with van der Waals surface area (Å²) in [6.07, 6.45) is 1.35. The first kappa shape index (κ1) is 14.8. The fourth-order valence-electron chi connectivity index (χ4n) is 1.32. The Kier molecular flexibility index (Phi) is 7.24. The van der Waals surface area contributed by atoms with Crippen LogP contribution in [0, 0.1) is 17.7 Å². The van der Waals surface area contributed by atoms with Gasteiger partial charge in [0, 0.05) is 44.1 Å². The Bertz CT molecular complexity index is 424. The molecule has 0 amide bonds. The van der Waals surface area contributed by atoms with Gasteiger partial charge in [-0.2, -0.15) is 0 Å². The monoisotopic (exact) mass is 270 g/mol. The molecule has 0 N–H and O–H groups in total. The fourth-order valence-corrected chi connectivity index (χ4v) is 1.42. The second-order valence-electron chi connectivity index (χ2n) is 3.61. The fraction of sp³-hybridized carbons (Fsp3) is 0.429. The van der Waals surface area contributed by atoms with Gasteiger partial charge < -0.3 is 9.47 Å². The van der Waals surface area contributed by atoms with Gasteiger partial charge in [-0.25, -0.2) is 4.39 Å². The van der Waals surface area contributed by atoms with E-state index in [9.17, 15) is 4.39 Å². The van der Waals surface area contributed by atoms with Crippen LogP contribution in [-0.4, -0.2) is 26.2 Å². The lowest BCUT2D eigenvalue weighted by Gasteiger charge is -2.06. The van der Waals surface area contributed by atoms with Gasteiger partial charge in [-0.05, 0) is 12.1 Å². The topological polar surface area (TPSA) is 18.5 Å². The van der Waals surface area contributed by atoms with Crippen LogP contribution < -0.4 is 4.74 Å². The molecule has 0 saturated carbocycles. The van der Waals surface area contributed by atoms with Crippen molar-refractivity contribution in [3.05, 3.63) is 29.6 Å². The van der Waals surface area contributed by atoms with E-state index in [2.05, 4.69) is 11.8 Å². The Labute approximate surface area is 112 Å². The lowest BCUT2D eigenvalue weighted by atomic mass is 10.2. The van der Waals surface area contributed by atoms with Crippen molar-refractivity contribution >= 4 is 11.6 Å². The molecule has 1 aromatic rings. The molecule has 0 radical (unpaired) electrons. The molecule has 18 heavy (non-hydrogen) atoms. The number of hydrogen-bond acceptors (Lipinski definition) is 2. The van der Waals surface area contributed by atoms with Crippen molar-refractivity contribution in [1.29, 1.82) is 0 Å². The molecular formula is C14H16ClFO2. The van der Waals surface area contributed by atoms with Crippen molar-refractivity contribution in [3.63, 3.8) is 0 Å². The van der Waals surface area contributed by atoms with E-state index < -0.39 is 0 Å². The van der Waals surface area contributed by atoms with Crippen LogP contribution in [-0.2, 0) is 4.74 Å². The maximum absolute atomic E-state index is 13.3. The van der Waals surface area contributed by atoms with Gasteiger partial charge in [-0.1, -0.05) is 11.8 Å². The average Bonchev–Trinajstić information content (AvgIpc) is 2.34. The van der Waals surface area contributed by atoms with Gasteiger partial charge in [0.05, 0.1) is 6.61 Å². The normalized spacial score (nSPS) is 9.72. The molecule has 4 heteroatoms. The second kappa shape index (κ2) is 8.79. The standard InChI is InChI=1S/C14H16ClFO2/c1-17-7-4-8-18-14-10-12(5-2-3-6-15)9-13(16)11-14/h9-11H,3-4,6-8H2,1H3. The first-order valence-electron chi connectivity index (χ1n) is 5.73. The van der Waals surface area contributed by atoms with Gasteiger partial charge in [0.2, 0.25) is 0 Å². The zero-order valence-electron chi connectivity index (χ0n) is 10.3. The molecule has 0 saturated heterocycles. The van der Waals surface area contributed by atoms with E-state index in [0.29, 0.717) is 36.8 Å². The summed E-state index contributed by atoms with van der Waals surface area (Å²) in [7, 11) is 1.63. The maximum Gasteiger partial charge on any atom is 0.128 e. The van der Waals surface area contributed by atoms with Crippen LogP contribution in [0.2, 0.25) is 0 Å². The number of halogens is 2. The lowest BCUT2D eigenvalue weighted by Crippen LogP contribution is -2.01. The third-order valence-electron chi connectivity index (χ3n) is 2.09. The van der Waals surface area contributed by atoms with Gasteiger partial charge in [-0.3, -0.25) is 0 Å². The van der Waals surface area contributed by atoms with Crippen molar-refractivity contribution < 1.29 is 13.9 Å². The zero-order chi connectivity index (χ0) is 13.2. The molecule has 0 aromatic heterocycles. The highest BCUT2D eigenvalue weighted by atomic mass is 35.5. The van der Waals surface area contributed by atoms with Crippen LogP contribution in [0.1, 0.15) is 18.4 Å². The number of methoxy groups -OCH3 is 1. The average molecular weight is 271 g/mol. The van der Waals surface area contributed by atoms with E-state index in [1.165, 1.54) is 12.1 Å². The summed E-state index contributed by atoms with van der Waals surface area (Å²) in [5.74, 6) is 6.32. The molecule has 0 aliphatic carbocycles. The van der Waals surface area contributed by atoms with Gasteiger partial charge in [0.15, 0.2) is 0 Å². The summed E-state index contributed by atoms with van der Waals surface area (Å²) in [5.41, 5.74) is 0.599. The lowest BCUT2D eigenvalue weighted by molar-refractivity contribution is 0.172. The molecule has 0 aliphatic rings. The first-order chi connectivity index (χ1) is 8.76. The summed E-state index contributed by atoms with van der Waals surface area (Å²) in [4.78, 5) is 0. The van der Waals surface area contributed by atoms with Gasteiger partial charge in [-0.15, -0.1) is 11.6 Å². The van der Waals surface area contributed by atoms with Crippen molar-refractivity contribution in [2.75, 3.05) is 26.2 Å².